The number of hydrogen-bond acceptors (Lipinski definition) is 8. The molecule has 35 heavy (non-hydrogen) atoms. The van der Waals surface area contributed by atoms with Gasteiger partial charge in [0.1, 0.15) is 5.82 Å². The number of nitrogens with zero attached hydrogens (tertiary/aromatic N) is 2. The lowest BCUT2D eigenvalue weighted by Crippen LogP contribution is -2.37. The summed E-state index contributed by atoms with van der Waals surface area (Å²) in [6, 6.07) is 11.4. The van der Waals surface area contributed by atoms with Crippen LogP contribution < -0.4 is 16.0 Å². The minimum Gasteiger partial charge on any atom is -0.351 e. The zero-order valence-corrected chi connectivity index (χ0v) is 20.4. The van der Waals surface area contributed by atoms with Crippen LogP contribution in [0.25, 0.3) is 16.5 Å². The summed E-state index contributed by atoms with van der Waals surface area (Å²) in [5.41, 5.74) is 2.63. The van der Waals surface area contributed by atoms with Crippen LogP contribution in [-0.4, -0.2) is 33.2 Å². The molecule has 10 heteroatoms. The van der Waals surface area contributed by atoms with Crippen LogP contribution in [0.5, 0.6) is 0 Å². The van der Waals surface area contributed by atoms with Crippen LogP contribution in [0.2, 0.25) is 0 Å². The van der Waals surface area contributed by atoms with Crippen molar-refractivity contribution >= 4 is 46.3 Å². The Morgan fingerprint density at radius 3 is 2.69 bits per heavy atom. The van der Waals surface area contributed by atoms with Crippen molar-refractivity contribution in [1.29, 1.82) is 0 Å². The number of carbonyl (C=O) groups excluding carboxylic acids is 2. The number of rotatable bonds is 7. The van der Waals surface area contributed by atoms with Gasteiger partial charge in [-0.05, 0) is 84.3 Å². The molecule has 2 aliphatic rings. The Hall–Kier alpha value is -3.08. The summed E-state index contributed by atoms with van der Waals surface area (Å²) >= 11 is 2.49. The lowest BCUT2D eigenvalue weighted by molar-refractivity contribution is -0.115. The number of anilines is 1. The molecule has 3 N–H and O–H groups in total. The fraction of sp³-hybridized carbons (Fsp3) is 0.280. The lowest BCUT2D eigenvalue weighted by atomic mass is 9.91. The molecule has 7 nitrogen and oxygen atoms in total. The van der Waals surface area contributed by atoms with Crippen molar-refractivity contribution < 1.29 is 14.0 Å². The molecule has 2 fully saturated rings. The van der Waals surface area contributed by atoms with E-state index in [0.29, 0.717) is 29.1 Å². The Morgan fingerprint density at radius 1 is 1.11 bits per heavy atom. The van der Waals surface area contributed by atoms with Gasteiger partial charge in [-0.25, -0.2) is 14.4 Å². The second kappa shape index (κ2) is 10.7. The maximum atomic E-state index is 13.8. The molecule has 1 aliphatic carbocycles. The Balaban J connectivity index is 1.14. The van der Waals surface area contributed by atoms with Gasteiger partial charge in [0.25, 0.3) is 11.1 Å². The average molecular weight is 510 g/mol. The predicted molar refractivity (Wildman–Crippen MR) is 137 cm³/mol. The standard InChI is InChI=1S/C25H24FN5O2S2/c26-16-4-3-15(20(12-16)21-2-1-11-34-21)14-28-17-5-7-18(8-6-17)29-24-27-10-9-19(30-24)13-22-23(32)31-25(33)35-22/h1-4,9-13,17-18,28H,5-8,14H2,(H,27,29,30)(H,31,32,33)/b22-13-. The van der Waals surface area contributed by atoms with Crippen molar-refractivity contribution in [3.8, 4) is 10.4 Å². The molecule has 3 heterocycles. The third-order valence-corrected chi connectivity index (χ3v) is 7.81. The van der Waals surface area contributed by atoms with Crippen molar-refractivity contribution in [2.75, 3.05) is 5.32 Å². The number of aromatic nitrogens is 2. The predicted octanol–water partition coefficient (Wildman–Crippen LogP) is 5.18. The Bertz CT molecular complexity index is 1260. The maximum Gasteiger partial charge on any atom is 0.290 e. The van der Waals surface area contributed by atoms with Crippen LogP contribution in [-0.2, 0) is 11.3 Å². The van der Waals surface area contributed by atoms with E-state index in [9.17, 15) is 14.0 Å². The Labute approximate surface area is 210 Å². The number of carbonyl (C=O) groups is 2. The summed E-state index contributed by atoms with van der Waals surface area (Å²) in [5, 5.41) is 10.9. The Kier molecular flexibility index (Phi) is 7.21. The number of amides is 2. The summed E-state index contributed by atoms with van der Waals surface area (Å²) in [5.74, 6) is -0.107. The molecule has 0 spiro atoms. The first-order chi connectivity index (χ1) is 17.0. The molecular formula is C25H24FN5O2S2. The van der Waals surface area contributed by atoms with Crippen LogP contribution in [0.3, 0.4) is 0 Å². The summed E-state index contributed by atoms with van der Waals surface area (Å²) < 4.78 is 13.8. The highest BCUT2D eigenvalue weighted by Crippen LogP contribution is 2.30. The third kappa shape index (κ3) is 5.95. The van der Waals surface area contributed by atoms with Crippen molar-refractivity contribution in [2.24, 2.45) is 0 Å². The maximum absolute atomic E-state index is 13.8. The zero-order chi connectivity index (χ0) is 24.2. The zero-order valence-electron chi connectivity index (χ0n) is 18.8. The summed E-state index contributed by atoms with van der Waals surface area (Å²) in [7, 11) is 0. The number of benzene rings is 1. The van der Waals surface area contributed by atoms with E-state index in [2.05, 4.69) is 25.9 Å². The molecule has 0 bridgehead atoms. The molecular weight excluding hydrogens is 485 g/mol. The Morgan fingerprint density at radius 2 is 1.94 bits per heavy atom. The number of imide groups is 1. The summed E-state index contributed by atoms with van der Waals surface area (Å²) in [6.07, 6.45) is 7.20. The highest BCUT2D eigenvalue weighted by atomic mass is 32.2. The van der Waals surface area contributed by atoms with Gasteiger partial charge in [-0.2, -0.15) is 0 Å². The molecule has 2 aromatic heterocycles. The van der Waals surface area contributed by atoms with E-state index < -0.39 is 5.91 Å². The fourth-order valence-electron chi connectivity index (χ4n) is 4.32. The topological polar surface area (TPSA) is 96.0 Å². The molecule has 1 aromatic carbocycles. The first-order valence-electron chi connectivity index (χ1n) is 11.4. The minimum absolute atomic E-state index is 0.218. The number of thiophene rings is 1. The largest absolute Gasteiger partial charge is 0.351 e. The van der Waals surface area contributed by atoms with E-state index in [1.54, 1.807) is 35.7 Å². The van der Waals surface area contributed by atoms with Crippen molar-refractivity contribution in [1.82, 2.24) is 20.6 Å². The highest BCUT2D eigenvalue weighted by molar-refractivity contribution is 8.18. The van der Waals surface area contributed by atoms with Gasteiger partial charge < -0.3 is 10.6 Å². The van der Waals surface area contributed by atoms with Crippen LogP contribution in [0.1, 0.15) is 36.9 Å². The van der Waals surface area contributed by atoms with Crippen LogP contribution in [0.15, 0.2) is 52.9 Å². The quantitative estimate of drug-likeness (QED) is 0.378. The van der Waals surface area contributed by atoms with Gasteiger partial charge in [0.05, 0.1) is 10.6 Å². The molecule has 5 rings (SSSR count). The van der Waals surface area contributed by atoms with Crippen molar-refractivity contribution in [3.63, 3.8) is 0 Å². The third-order valence-electron chi connectivity index (χ3n) is 6.10. The molecule has 1 saturated heterocycles. The smallest absolute Gasteiger partial charge is 0.290 e. The second-order valence-electron chi connectivity index (χ2n) is 8.51. The van der Waals surface area contributed by atoms with Gasteiger partial charge >= 0.3 is 0 Å². The number of thioether (sulfide) groups is 1. The van der Waals surface area contributed by atoms with E-state index >= 15 is 0 Å². The highest BCUT2D eigenvalue weighted by Gasteiger charge is 2.25. The molecule has 180 valence electrons. The van der Waals surface area contributed by atoms with Gasteiger partial charge in [-0.15, -0.1) is 11.3 Å². The molecule has 0 unspecified atom stereocenters. The van der Waals surface area contributed by atoms with Crippen molar-refractivity contribution in [2.45, 2.75) is 44.3 Å². The second-order valence-corrected chi connectivity index (χ2v) is 10.5. The average Bonchev–Trinajstić information content (AvgIpc) is 3.49. The van der Waals surface area contributed by atoms with E-state index in [4.69, 9.17) is 0 Å². The monoisotopic (exact) mass is 509 g/mol. The van der Waals surface area contributed by atoms with E-state index in [1.165, 1.54) is 6.07 Å². The van der Waals surface area contributed by atoms with Gasteiger partial charge in [-0.1, -0.05) is 12.1 Å². The lowest BCUT2D eigenvalue weighted by Gasteiger charge is -2.30. The summed E-state index contributed by atoms with van der Waals surface area (Å²) in [4.78, 5) is 33.3. The number of hydrogen-bond donors (Lipinski definition) is 3. The van der Waals surface area contributed by atoms with E-state index in [1.807, 2.05) is 23.6 Å². The minimum atomic E-state index is -0.401. The van der Waals surface area contributed by atoms with Gasteiger partial charge in [0.2, 0.25) is 5.95 Å². The van der Waals surface area contributed by atoms with Gasteiger partial charge in [-0.3, -0.25) is 14.9 Å². The van der Waals surface area contributed by atoms with Crippen LogP contribution >= 0.6 is 23.1 Å². The van der Waals surface area contributed by atoms with Gasteiger partial charge in [0, 0.05) is 29.7 Å². The normalized spacial score (nSPS) is 21.3. The first kappa shape index (κ1) is 23.7. The molecule has 2 amide bonds. The summed E-state index contributed by atoms with van der Waals surface area (Å²) in [6.45, 7) is 0.699. The van der Waals surface area contributed by atoms with Gasteiger partial charge in [0.15, 0.2) is 0 Å². The molecule has 1 aliphatic heterocycles. The van der Waals surface area contributed by atoms with Crippen LogP contribution in [0.4, 0.5) is 15.1 Å². The molecule has 3 aromatic rings. The van der Waals surface area contributed by atoms with E-state index in [0.717, 1.165) is 53.4 Å². The fourth-order valence-corrected chi connectivity index (χ4v) is 5.77. The number of halogens is 1. The first-order valence-corrected chi connectivity index (χ1v) is 13.1. The van der Waals surface area contributed by atoms with E-state index in [-0.39, 0.29) is 17.1 Å². The number of nitrogens with one attached hydrogen (secondary N) is 3. The molecule has 1 saturated carbocycles. The van der Waals surface area contributed by atoms with Crippen LogP contribution in [0, 0.1) is 5.82 Å². The van der Waals surface area contributed by atoms with Crippen molar-refractivity contribution in [3.05, 3.63) is 70.0 Å². The SMILES string of the molecule is O=C1NC(=O)/C(=C/c2ccnc(NC3CCC(NCc4ccc(F)cc4-c4cccs4)CC3)n2)S1. The molecule has 0 radical (unpaired) electrons. The molecule has 0 atom stereocenters.